The topological polar surface area (TPSA) is 236 Å². The Morgan fingerprint density at radius 3 is 2.22 bits per heavy atom. The molecule has 1 aromatic rings. The maximum absolute atomic E-state index is 15.1. The molecule has 1 aromatic carbocycles. The number of carbonyl (C=O) groups excluding carboxylic acids is 3. The minimum absolute atomic E-state index is 0.0234. The van der Waals surface area contributed by atoms with Crippen molar-refractivity contribution in [3.05, 3.63) is 57.7 Å². The Hall–Kier alpha value is -4.38. The number of carboxylic acids is 1. The van der Waals surface area contributed by atoms with Crippen molar-refractivity contribution < 1.29 is 73.5 Å². The molecule has 320 valence electrons. The van der Waals surface area contributed by atoms with Gasteiger partial charge >= 0.3 is 11.9 Å². The molecule has 0 amide bonds. The molecule has 5 fully saturated rings. The van der Waals surface area contributed by atoms with E-state index in [1.54, 1.807) is 19.9 Å². The zero-order valence-electron chi connectivity index (χ0n) is 34.5. The Bertz CT molecular complexity index is 2100. The maximum Gasteiger partial charge on any atom is 0.335 e. The number of rotatable bonds is 10. The summed E-state index contributed by atoms with van der Waals surface area (Å²) >= 11 is 0. The molecule has 0 aromatic heterocycles. The monoisotopic (exact) mass is 822 g/mol. The number of hydrogen-bond acceptors (Lipinski definition) is 14. The SMILES string of the molecule is CC(C)=CCC[C@]1(C)C=Cc2c(O)c3c(c(CC=C(C)C)c2O1)O[C@]12[C@H](C3=O)[C@@H](O)[C@@H]3C[C@H]1C(C)(C)O[C@@]2(C/C=C(/C)C(=O)O[C@@H]1O[C@H](C(=O)O)[C@@H](O)[C@H](O)[C@H]1O)C3=O. The van der Waals surface area contributed by atoms with Crippen molar-refractivity contribution in [3.8, 4) is 17.2 Å². The van der Waals surface area contributed by atoms with E-state index in [2.05, 4.69) is 6.08 Å². The zero-order valence-corrected chi connectivity index (χ0v) is 34.5. The van der Waals surface area contributed by atoms with Gasteiger partial charge in [-0.15, -0.1) is 0 Å². The standard InChI is InChI=1S/C44H54O15/c1-19(2)10-9-15-42(8)16-14-22-28(45)26-30(47)27-29(46)24-18-25-41(6,7)59-43(37(24)51,44(25,27)58-35(26)23(34(22)57-42)12-11-20(3)4)17-13-21(5)39(54)56-40-33(50)31(48)32(49)36(55-40)38(52)53/h10-11,13-14,16,24-25,27,29,31-33,36,40,45-46,48-50H,9,12,15,17-18H2,1-8H3,(H,52,53)/b21-13-/t24-,25-,27-,29-,31-,32-,33+,36-,40-,42+,43-,44-/m0/s1. The van der Waals surface area contributed by atoms with Crippen molar-refractivity contribution in [3.63, 3.8) is 0 Å². The largest absolute Gasteiger partial charge is 0.506 e. The van der Waals surface area contributed by atoms with Gasteiger partial charge < -0.3 is 54.3 Å². The van der Waals surface area contributed by atoms with Crippen LogP contribution in [0, 0.1) is 17.8 Å². The van der Waals surface area contributed by atoms with Gasteiger partial charge in [-0.1, -0.05) is 29.4 Å². The van der Waals surface area contributed by atoms with E-state index in [1.807, 2.05) is 46.8 Å². The van der Waals surface area contributed by atoms with Crippen LogP contribution in [0.15, 0.2) is 41.0 Å². The Kier molecular flexibility index (Phi) is 10.6. The fraction of sp³-hybridized carbons (Fsp3) is 0.591. The molecule has 12 atom stereocenters. The first-order valence-corrected chi connectivity index (χ1v) is 20.0. The van der Waals surface area contributed by atoms with Gasteiger partial charge in [0.15, 0.2) is 28.9 Å². The van der Waals surface area contributed by atoms with Crippen LogP contribution < -0.4 is 9.47 Å². The molecule has 15 heteroatoms. The number of carboxylic acid groups (broad SMARTS) is 1. The molecule has 4 aliphatic heterocycles. The third kappa shape index (κ3) is 6.47. The fourth-order valence-electron chi connectivity index (χ4n) is 10.1. The van der Waals surface area contributed by atoms with Gasteiger partial charge in [0.05, 0.1) is 23.2 Å². The molecule has 59 heavy (non-hydrogen) atoms. The van der Waals surface area contributed by atoms with Gasteiger partial charge in [-0.25, -0.2) is 9.59 Å². The summed E-state index contributed by atoms with van der Waals surface area (Å²) in [5, 5.41) is 64.1. The lowest BCUT2D eigenvalue weighted by molar-refractivity contribution is -0.285. The highest BCUT2D eigenvalue weighted by molar-refractivity contribution is 6.10. The van der Waals surface area contributed by atoms with Crippen LogP contribution in [0.25, 0.3) is 6.08 Å². The number of phenols is 1. The molecule has 4 heterocycles. The number of ether oxygens (including phenoxy) is 5. The summed E-state index contributed by atoms with van der Waals surface area (Å²) in [5.74, 6) is -6.99. The molecule has 7 aliphatic rings. The normalized spacial score (nSPS) is 37.4. The van der Waals surface area contributed by atoms with Gasteiger partial charge in [-0.2, -0.15) is 0 Å². The quantitative estimate of drug-likeness (QED) is 0.112. The predicted octanol–water partition coefficient (Wildman–Crippen LogP) is 3.64. The number of allylic oxidation sites excluding steroid dienone is 4. The summed E-state index contributed by atoms with van der Waals surface area (Å²) in [6, 6.07) is 0. The van der Waals surface area contributed by atoms with E-state index in [4.69, 9.17) is 23.7 Å². The van der Waals surface area contributed by atoms with Crippen LogP contribution in [0.2, 0.25) is 0 Å². The second-order valence-electron chi connectivity index (χ2n) is 18.1. The molecule has 0 radical (unpaired) electrons. The van der Waals surface area contributed by atoms with Crippen LogP contribution in [0.3, 0.4) is 0 Å². The highest BCUT2D eigenvalue weighted by atomic mass is 16.7. The number of fused-ring (bicyclic) bond motifs is 2. The number of aliphatic hydroxyl groups excluding tert-OH is 4. The van der Waals surface area contributed by atoms with E-state index < -0.39 is 100 Å². The van der Waals surface area contributed by atoms with E-state index in [0.29, 0.717) is 23.3 Å². The molecule has 2 saturated heterocycles. The first-order chi connectivity index (χ1) is 27.5. The Balaban J connectivity index is 1.32. The molecule has 8 rings (SSSR count). The molecular weight excluding hydrogens is 768 g/mol. The molecule has 15 nitrogen and oxygen atoms in total. The number of Topliss-reactive ketones (excluding diaryl/α,β-unsaturated/α-hetero) is 2. The number of benzene rings is 1. The van der Waals surface area contributed by atoms with Crippen molar-refractivity contribution in [2.24, 2.45) is 17.8 Å². The zero-order chi connectivity index (χ0) is 43.3. The molecule has 3 saturated carbocycles. The minimum Gasteiger partial charge on any atom is -0.506 e. The van der Waals surface area contributed by atoms with Crippen LogP contribution in [0.5, 0.6) is 17.2 Å². The third-order valence-corrected chi connectivity index (χ3v) is 13.1. The van der Waals surface area contributed by atoms with Crippen LogP contribution in [0.1, 0.15) is 103 Å². The van der Waals surface area contributed by atoms with Crippen molar-refractivity contribution in [1.29, 1.82) is 0 Å². The number of phenolic OH excluding ortho intramolecular Hbond substituents is 1. The molecule has 1 spiro atoms. The first kappa shape index (κ1) is 42.7. The molecule has 4 bridgehead atoms. The van der Waals surface area contributed by atoms with E-state index in [9.17, 15) is 45.0 Å². The van der Waals surface area contributed by atoms with Gasteiger partial charge in [0.1, 0.15) is 46.7 Å². The van der Waals surface area contributed by atoms with E-state index >= 15 is 4.79 Å². The van der Waals surface area contributed by atoms with Crippen LogP contribution in [-0.2, 0) is 35.0 Å². The number of carbonyl (C=O) groups is 4. The molecule has 0 unspecified atom stereocenters. The second-order valence-corrected chi connectivity index (χ2v) is 18.1. The lowest BCUT2D eigenvalue weighted by atomic mass is 9.45. The van der Waals surface area contributed by atoms with Gasteiger partial charge in [-0.05, 0) is 93.2 Å². The van der Waals surface area contributed by atoms with Crippen LogP contribution in [0.4, 0.5) is 0 Å². The number of ketones is 2. The fourth-order valence-corrected chi connectivity index (χ4v) is 10.1. The van der Waals surface area contributed by atoms with Gasteiger partial charge in [0, 0.05) is 29.4 Å². The van der Waals surface area contributed by atoms with Crippen LogP contribution >= 0.6 is 0 Å². The van der Waals surface area contributed by atoms with E-state index in [0.717, 1.165) is 17.6 Å². The van der Waals surface area contributed by atoms with Gasteiger partial charge in [0.2, 0.25) is 6.29 Å². The predicted molar refractivity (Wildman–Crippen MR) is 208 cm³/mol. The highest BCUT2D eigenvalue weighted by Gasteiger charge is 2.85. The Labute approximate surface area is 341 Å². The van der Waals surface area contributed by atoms with E-state index in [-0.39, 0.29) is 41.9 Å². The number of esters is 1. The smallest absolute Gasteiger partial charge is 0.335 e. The van der Waals surface area contributed by atoms with Crippen molar-refractivity contribution in [1.82, 2.24) is 0 Å². The van der Waals surface area contributed by atoms with E-state index in [1.165, 1.54) is 13.0 Å². The summed E-state index contributed by atoms with van der Waals surface area (Å²) in [6.07, 6.45) is -1.12. The summed E-state index contributed by atoms with van der Waals surface area (Å²) in [6.45, 7) is 14.7. The highest BCUT2D eigenvalue weighted by Crippen LogP contribution is 2.70. The molecule has 6 N–H and O–H groups in total. The van der Waals surface area contributed by atoms with Crippen molar-refractivity contribution >= 4 is 29.6 Å². The summed E-state index contributed by atoms with van der Waals surface area (Å²) < 4.78 is 31.1. The Morgan fingerprint density at radius 2 is 1.58 bits per heavy atom. The number of aliphatic hydroxyl groups is 4. The lowest BCUT2D eigenvalue weighted by Crippen LogP contribution is -2.80. The average Bonchev–Trinajstić information content (AvgIpc) is 3.28. The Morgan fingerprint density at radius 1 is 0.898 bits per heavy atom. The summed E-state index contributed by atoms with van der Waals surface area (Å²) in [5.41, 5.74) is -3.04. The number of aromatic hydroxyl groups is 1. The number of aliphatic carboxylic acids is 1. The molecular formula is C44H54O15. The first-order valence-electron chi connectivity index (χ1n) is 20.0. The van der Waals surface area contributed by atoms with Crippen molar-refractivity contribution in [2.75, 3.05) is 0 Å². The number of hydrogen-bond donors (Lipinski definition) is 6. The summed E-state index contributed by atoms with van der Waals surface area (Å²) in [7, 11) is 0. The summed E-state index contributed by atoms with van der Waals surface area (Å²) in [4.78, 5) is 55.0. The van der Waals surface area contributed by atoms with Gasteiger partial charge in [-0.3, -0.25) is 9.59 Å². The molecule has 3 aliphatic carbocycles. The minimum atomic E-state index is -2.01. The van der Waals surface area contributed by atoms with Gasteiger partial charge in [0.25, 0.3) is 0 Å². The van der Waals surface area contributed by atoms with Crippen LogP contribution in [-0.4, -0.2) is 113 Å². The third-order valence-electron chi connectivity index (χ3n) is 13.1. The average molecular weight is 823 g/mol. The lowest BCUT2D eigenvalue weighted by Gasteiger charge is -2.62. The second kappa shape index (κ2) is 14.7. The maximum atomic E-state index is 15.1. The van der Waals surface area contributed by atoms with Crippen molar-refractivity contribution in [2.45, 2.75) is 147 Å².